The van der Waals surface area contributed by atoms with E-state index in [0.29, 0.717) is 13.2 Å². The Bertz CT molecular complexity index is 554. The lowest BCUT2D eigenvalue weighted by Gasteiger charge is -2.15. The number of ether oxygens (including phenoxy) is 1. The zero-order valence-electron chi connectivity index (χ0n) is 11.6. The monoisotopic (exact) mass is 290 g/mol. The molecule has 0 aliphatic heterocycles. The predicted molar refractivity (Wildman–Crippen MR) is 79.5 cm³/mol. The molecule has 0 fully saturated rings. The standard InChI is InChI=1S/C15H18N2O2S/c1-3-19-15(18)13(14-17-11(2)10-20-14)16-9-12-7-5-4-6-8-12/h4-8,10,13,16H,3,9H2,1-2H3. The second kappa shape index (κ2) is 7.17. The highest BCUT2D eigenvalue weighted by Gasteiger charge is 2.24. The average molecular weight is 290 g/mol. The fourth-order valence-corrected chi connectivity index (χ4v) is 2.67. The van der Waals surface area contributed by atoms with Crippen molar-refractivity contribution in [2.45, 2.75) is 26.4 Å². The van der Waals surface area contributed by atoms with Gasteiger partial charge >= 0.3 is 5.97 Å². The Kier molecular flexibility index (Phi) is 5.26. The fourth-order valence-electron chi connectivity index (χ4n) is 1.82. The Labute approximate surface area is 122 Å². The number of carbonyl (C=O) groups is 1. The van der Waals surface area contributed by atoms with Gasteiger partial charge in [0.05, 0.1) is 6.61 Å². The van der Waals surface area contributed by atoms with Gasteiger partial charge in [-0.3, -0.25) is 5.32 Å². The predicted octanol–water partition coefficient (Wildman–Crippen LogP) is 2.85. The molecule has 0 bridgehead atoms. The van der Waals surface area contributed by atoms with Crippen molar-refractivity contribution in [1.82, 2.24) is 10.3 Å². The Morgan fingerprint density at radius 2 is 2.15 bits per heavy atom. The van der Waals surface area contributed by atoms with Crippen molar-refractivity contribution in [2.24, 2.45) is 0 Å². The molecule has 2 rings (SSSR count). The van der Waals surface area contributed by atoms with Gasteiger partial charge in [-0.05, 0) is 19.4 Å². The molecule has 0 aliphatic carbocycles. The van der Waals surface area contributed by atoms with Crippen LogP contribution in [0.4, 0.5) is 0 Å². The molecular weight excluding hydrogens is 272 g/mol. The molecule has 0 spiro atoms. The molecule has 4 nitrogen and oxygen atoms in total. The minimum atomic E-state index is -0.506. The van der Waals surface area contributed by atoms with Crippen LogP contribution < -0.4 is 5.32 Å². The van der Waals surface area contributed by atoms with Gasteiger partial charge in [-0.25, -0.2) is 9.78 Å². The topological polar surface area (TPSA) is 51.2 Å². The molecule has 20 heavy (non-hydrogen) atoms. The van der Waals surface area contributed by atoms with E-state index in [-0.39, 0.29) is 5.97 Å². The summed E-state index contributed by atoms with van der Waals surface area (Å²) in [4.78, 5) is 16.4. The summed E-state index contributed by atoms with van der Waals surface area (Å²) in [7, 11) is 0. The largest absolute Gasteiger partial charge is 0.465 e. The minimum Gasteiger partial charge on any atom is -0.465 e. The third-order valence-corrected chi connectivity index (χ3v) is 3.79. The molecule has 0 aliphatic rings. The molecular formula is C15H18N2O2S. The first-order valence-electron chi connectivity index (χ1n) is 6.56. The molecule has 1 heterocycles. The van der Waals surface area contributed by atoms with Gasteiger partial charge in [0.15, 0.2) is 6.04 Å². The third kappa shape index (κ3) is 3.88. The Hall–Kier alpha value is -1.72. The lowest BCUT2D eigenvalue weighted by atomic mass is 10.2. The van der Waals surface area contributed by atoms with Crippen LogP contribution in [-0.2, 0) is 16.1 Å². The van der Waals surface area contributed by atoms with Gasteiger partial charge in [0.25, 0.3) is 0 Å². The summed E-state index contributed by atoms with van der Waals surface area (Å²) in [6.07, 6.45) is 0. The molecule has 5 heteroatoms. The number of nitrogens with one attached hydrogen (secondary N) is 1. The first-order chi connectivity index (χ1) is 9.70. The van der Waals surface area contributed by atoms with Crippen molar-refractivity contribution in [3.63, 3.8) is 0 Å². The van der Waals surface area contributed by atoms with E-state index < -0.39 is 6.04 Å². The number of benzene rings is 1. The Morgan fingerprint density at radius 1 is 1.40 bits per heavy atom. The molecule has 1 aromatic heterocycles. The number of hydrogen-bond donors (Lipinski definition) is 1. The van der Waals surface area contributed by atoms with Crippen molar-refractivity contribution in [1.29, 1.82) is 0 Å². The van der Waals surface area contributed by atoms with Crippen LogP contribution in [0.2, 0.25) is 0 Å². The normalized spacial score (nSPS) is 12.1. The summed E-state index contributed by atoms with van der Waals surface area (Å²) >= 11 is 1.47. The summed E-state index contributed by atoms with van der Waals surface area (Å²) in [5.74, 6) is -0.280. The smallest absolute Gasteiger partial charge is 0.330 e. The van der Waals surface area contributed by atoms with Gasteiger partial charge in [0.1, 0.15) is 5.01 Å². The number of aromatic nitrogens is 1. The van der Waals surface area contributed by atoms with Crippen molar-refractivity contribution in [3.8, 4) is 0 Å². The molecule has 0 saturated carbocycles. The van der Waals surface area contributed by atoms with Crippen molar-refractivity contribution < 1.29 is 9.53 Å². The van der Waals surface area contributed by atoms with Crippen LogP contribution in [0.25, 0.3) is 0 Å². The molecule has 106 valence electrons. The second-order valence-electron chi connectivity index (χ2n) is 4.38. The van der Waals surface area contributed by atoms with Gasteiger partial charge < -0.3 is 4.74 Å². The summed E-state index contributed by atoms with van der Waals surface area (Å²) in [5.41, 5.74) is 2.04. The molecule has 0 amide bonds. The quantitative estimate of drug-likeness (QED) is 0.831. The minimum absolute atomic E-state index is 0.280. The number of nitrogens with zero attached hydrogens (tertiary/aromatic N) is 1. The van der Waals surface area contributed by atoms with Crippen molar-refractivity contribution in [3.05, 3.63) is 52.0 Å². The lowest BCUT2D eigenvalue weighted by molar-refractivity contribution is -0.145. The van der Waals surface area contributed by atoms with E-state index in [0.717, 1.165) is 16.3 Å². The number of rotatable bonds is 6. The zero-order valence-corrected chi connectivity index (χ0v) is 12.4. The summed E-state index contributed by atoms with van der Waals surface area (Å²) in [6, 6.07) is 9.45. The van der Waals surface area contributed by atoms with E-state index in [1.165, 1.54) is 11.3 Å². The molecule has 2 aromatic rings. The van der Waals surface area contributed by atoms with E-state index in [9.17, 15) is 4.79 Å². The number of carbonyl (C=O) groups excluding carboxylic acids is 1. The van der Waals surface area contributed by atoms with Gasteiger partial charge in [-0.2, -0.15) is 0 Å². The number of esters is 1. The van der Waals surface area contributed by atoms with Crippen LogP contribution >= 0.6 is 11.3 Å². The maximum atomic E-state index is 12.1. The molecule has 1 aromatic carbocycles. The average Bonchev–Trinajstić information content (AvgIpc) is 2.87. The highest BCUT2D eigenvalue weighted by Crippen LogP contribution is 2.20. The van der Waals surface area contributed by atoms with Crippen LogP contribution in [-0.4, -0.2) is 17.6 Å². The van der Waals surface area contributed by atoms with Gasteiger partial charge in [0, 0.05) is 17.6 Å². The van der Waals surface area contributed by atoms with Gasteiger partial charge in [-0.1, -0.05) is 30.3 Å². The zero-order chi connectivity index (χ0) is 14.4. The van der Waals surface area contributed by atoms with E-state index in [2.05, 4.69) is 10.3 Å². The van der Waals surface area contributed by atoms with Gasteiger partial charge in [-0.15, -0.1) is 11.3 Å². The maximum Gasteiger partial charge on any atom is 0.330 e. The van der Waals surface area contributed by atoms with Crippen LogP contribution in [0, 0.1) is 6.92 Å². The number of hydrogen-bond acceptors (Lipinski definition) is 5. The second-order valence-corrected chi connectivity index (χ2v) is 5.27. The molecule has 1 atom stereocenters. The van der Waals surface area contributed by atoms with E-state index >= 15 is 0 Å². The molecule has 0 radical (unpaired) electrons. The summed E-state index contributed by atoms with van der Waals surface area (Å²) in [6.45, 7) is 4.69. The summed E-state index contributed by atoms with van der Waals surface area (Å²) < 4.78 is 5.12. The van der Waals surface area contributed by atoms with E-state index in [1.807, 2.05) is 42.6 Å². The highest BCUT2D eigenvalue weighted by atomic mass is 32.1. The van der Waals surface area contributed by atoms with Crippen molar-refractivity contribution >= 4 is 17.3 Å². The van der Waals surface area contributed by atoms with Crippen molar-refractivity contribution in [2.75, 3.05) is 6.61 Å². The van der Waals surface area contributed by atoms with Gasteiger partial charge in [0.2, 0.25) is 0 Å². The van der Waals surface area contributed by atoms with Crippen LogP contribution in [0.5, 0.6) is 0 Å². The Balaban J connectivity index is 2.08. The number of aryl methyl sites for hydroxylation is 1. The van der Waals surface area contributed by atoms with E-state index in [4.69, 9.17) is 4.74 Å². The SMILES string of the molecule is CCOC(=O)C(NCc1ccccc1)c1nc(C)cs1. The first kappa shape index (κ1) is 14.7. The van der Waals surface area contributed by atoms with Crippen LogP contribution in [0.3, 0.4) is 0 Å². The van der Waals surface area contributed by atoms with Crippen LogP contribution in [0.1, 0.15) is 29.2 Å². The fraction of sp³-hybridized carbons (Fsp3) is 0.333. The van der Waals surface area contributed by atoms with Crippen LogP contribution in [0.15, 0.2) is 35.7 Å². The Morgan fingerprint density at radius 3 is 2.75 bits per heavy atom. The summed E-state index contributed by atoms with van der Waals surface area (Å²) in [5, 5.41) is 5.91. The number of thiazole rings is 1. The molecule has 0 saturated heterocycles. The van der Waals surface area contributed by atoms with E-state index in [1.54, 1.807) is 6.92 Å². The highest BCUT2D eigenvalue weighted by molar-refractivity contribution is 7.09. The third-order valence-electron chi connectivity index (χ3n) is 2.76. The molecule has 1 N–H and O–H groups in total. The lowest BCUT2D eigenvalue weighted by Crippen LogP contribution is -2.30. The molecule has 1 unspecified atom stereocenters. The maximum absolute atomic E-state index is 12.1. The first-order valence-corrected chi connectivity index (χ1v) is 7.44.